The van der Waals surface area contributed by atoms with Gasteiger partial charge in [0.25, 0.3) is 5.91 Å². The Morgan fingerprint density at radius 2 is 1.85 bits per heavy atom. The number of primary amides is 1. The summed E-state index contributed by atoms with van der Waals surface area (Å²) >= 11 is 0. The number of benzene rings is 1. The molecule has 0 aromatic heterocycles. The van der Waals surface area contributed by atoms with Gasteiger partial charge >= 0.3 is 0 Å². The van der Waals surface area contributed by atoms with E-state index in [2.05, 4.69) is 33.8 Å². The molecule has 0 fully saturated rings. The minimum Gasteiger partial charge on any atom is -0.493 e. The van der Waals surface area contributed by atoms with Gasteiger partial charge in [-0.1, -0.05) is 6.07 Å². The number of amides is 1. The fourth-order valence-electron chi connectivity index (χ4n) is 2.31. The van der Waals surface area contributed by atoms with Crippen molar-refractivity contribution in [2.24, 2.45) is 5.73 Å². The summed E-state index contributed by atoms with van der Waals surface area (Å²) in [6.07, 6.45) is 0.910. The van der Waals surface area contributed by atoms with E-state index in [1.54, 1.807) is 0 Å². The Hall–Kier alpha value is -1.55. The van der Waals surface area contributed by atoms with Gasteiger partial charge in [0.05, 0.1) is 19.2 Å². The summed E-state index contributed by atoms with van der Waals surface area (Å²) in [6, 6.07) is 6.61. The fourth-order valence-corrected chi connectivity index (χ4v) is 2.31. The van der Waals surface area contributed by atoms with E-state index in [9.17, 15) is 4.79 Å². The number of nitrogens with one attached hydrogen (secondary N) is 1. The third-order valence-electron chi connectivity index (χ3n) is 3.32. The van der Waals surface area contributed by atoms with Gasteiger partial charge in [0.1, 0.15) is 5.75 Å². The SMILES string of the molecule is Cc1cc(C)cc(OCCC[NH+](CC(N)=O)C(C)C)c1. The Morgan fingerprint density at radius 1 is 1.25 bits per heavy atom. The van der Waals surface area contributed by atoms with Crippen LogP contribution in [0.1, 0.15) is 31.4 Å². The fraction of sp³-hybridized carbons (Fsp3) is 0.562. The topological polar surface area (TPSA) is 56.8 Å². The molecule has 1 aromatic rings. The molecule has 1 unspecified atom stereocenters. The molecule has 1 rings (SSSR count). The van der Waals surface area contributed by atoms with Crippen LogP contribution >= 0.6 is 0 Å². The third kappa shape index (κ3) is 6.06. The summed E-state index contributed by atoms with van der Waals surface area (Å²) in [4.78, 5) is 12.2. The van der Waals surface area contributed by atoms with E-state index in [1.807, 2.05) is 12.1 Å². The van der Waals surface area contributed by atoms with Gasteiger partial charge in [-0.3, -0.25) is 4.79 Å². The molecule has 3 N–H and O–H groups in total. The summed E-state index contributed by atoms with van der Waals surface area (Å²) in [5, 5.41) is 0. The monoisotopic (exact) mass is 279 g/mol. The molecule has 0 radical (unpaired) electrons. The van der Waals surface area contributed by atoms with Crippen molar-refractivity contribution in [2.75, 3.05) is 19.7 Å². The van der Waals surface area contributed by atoms with E-state index < -0.39 is 0 Å². The number of quaternary nitrogens is 1. The highest BCUT2D eigenvalue weighted by Crippen LogP contribution is 2.16. The lowest BCUT2D eigenvalue weighted by Gasteiger charge is -2.22. The largest absolute Gasteiger partial charge is 0.493 e. The number of hydrogen-bond acceptors (Lipinski definition) is 2. The van der Waals surface area contributed by atoms with E-state index in [1.165, 1.54) is 16.0 Å². The van der Waals surface area contributed by atoms with Crippen LogP contribution in [0, 0.1) is 13.8 Å². The minimum absolute atomic E-state index is 0.246. The van der Waals surface area contributed by atoms with Gasteiger partial charge in [-0.15, -0.1) is 0 Å². The van der Waals surface area contributed by atoms with Crippen LogP contribution in [0.4, 0.5) is 0 Å². The van der Waals surface area contributed by atoms with Crippen molar-refractivity contribution in [3.05, 3.63) is 29.3 Å². The molecular weight excluding hydrogens is 252 g/mol. The first kappa shape index (κ1) is 16.5. The summed E-state index contributed by atoms with van der Waals surface area (Å²) in [5.41, 5.74) is 7.69. The van der Waals surface area contributed by atoms with E-state index >= 15 is 0 Å². The van der Waals surface area contributed by atoms with Gasteiger partial charge in [0, 0.05) is 6.42 Å². The Balaban J connectivity index is 2.38. The van der Waals surface area contributed by atoms with Gasteiger partial charge in [0.2, 0.25) is 0 Å². The summed E-state index contributed by atoms with van der Waals surface area (Å²) < 4.78 is 5.77. The standard InChI is InChI=1S/C16H26N2O2/c1-12(2)18(11-16(17)19)6-5-7-20-15-9-13(3)8-14(4)10-15/h8-10,12H,5-7,11H2,1-4H3,(H2,17,19)/p+1. The molecule has 1 aromatic carbocycles. The van der Waals surface area contributed by atoms with Crippen molar-refractivity contribution >= 4 is 5.91 Å². The van der Waals surface area contributed by atoms with Gasteiger partial charge in [-0.25, -0.2) is 0 Å². The van der Waals surface area contributed by atoms with Crippen LogP contribution in [-0.2, 0) is 4.79 Å². The van der Waals surface area contributed by atoms with Crippen molar-refractivity contribution in [1.29, 1.82) is 0 Å². The number of ether oxygens (including phenoxy) is 1. The molecule has 0 heterocycles. The summed E-state index contributed by atoms with van der Waals surface area (Å²) in [5.74, 6) is 0.674. The molecule has 0 saturated heterocycles. The molecule has 112 valence electrons. The molecule has 20 heavy (non-hydrogen) atoms. The lowest BCUT2D eigenvalue weighted by Crippen LogP contribution is -3.16. The van der Waals surface area contributed by atoms with Crippen LogP contribution in [-0.4, -0.2) is 31.6 Å². The van der Waals surface area contributed by atoms with Crippen LogP contribution in [0.25, 0.3) is 0 Å². The van der Waals surface area contributed by atoms with Gasteiger partial charge in [-0.2, -0.15) is 0 Å². The second kappa shape index (κ2) is 7.90. The first-order chi connectivity index (χ1) is 9.38. The molecule has 1 atom stereocenters. The lowest BCUT2D eigenvalue weighted by molar-refractivity contribution is -0.913. The van der Waals surface area contributed by atoms with Crippen molar-refractivity contribution in [1.82, 2.24) is 0 Å². The zero-order valence-electron chi connectivity index (χ0n) is 13.0. The van der Waals surface area contributed by atoms with Crippen molar-refractivity contribution in [2.45, 2.75) is 40.2 Å². The molecule has 0 bridgehead atoms. The number of rotatable bonds is 8. The van der Waals surface area contributed by atoms with E-state index in [0.717, 1.165) is 18.7 Å². The molecule has 4 heteroatoms. The highest BCUT2D eigenvalue weighted by Gasteiger charge is 2.15. The Labute approximate surface area is 121 Å². The van der Waals surface area contributed by atoms with Gasteiger partial charge in [-0.05, 0) is 51.0 Å². The molecule has 0 aliphatic heterocycles. The zero-order chi connectivity index (χ0) is 15.1. The number of carbonyl (C=O) groups excluding carboxylic acids is 1. The smallest absolute Gasteiger partial charge is 0.272 e. The second-order valence-electron chi connectivity index (χ2n) is 5.73. The molecule has 0 aliphatic carbocycles. The van der Waals surface area contributed by atoms with Crippen LogP contribution in [0.15, 0.2) is 18.2 Å². The predicted octanol–water partition coefficient (Wildman–Crippen LogP) is 0.851. The average Bonchev–Trinajstić information content (AvgIpc) is 2.31. The highest BCUT2D eigenvalue weighted by molar-refractivity contribution is 5.74. The van der Waals surface area contributed by atoms with Crippen molar-refractivity contribution < 1.29 is 14.4 Å². The predicted molar refractivity (Wildman–Crippen MR) is 81.1 cm³/mol. The quantitative estimate of drug-likeness (QED) is 0.693. The molecule has 0 saturated carbocycles. The maximum absolute atomic E-state index is 11.0. The molecule has 0 spiro atoms. The zero-order valence-corrected chi connectivity index (χ0v) is 13.0. The number of carbonyl (C=O) groups is 1. The van der Waals surface area contributed by atoms with Crippen LogP contribution in [0.5, 0.6) is 5.75 Å². The second-order valence-corrected chi connectivity index (χ2v) is 5.73. The van der Waals surface area contributed by atoms with Crippen LogP contribution in [0.3, 0.4) is 0 Å². The van der Waals surface area contributed by atoms with E-state index in [0.29, 0.717) is 19.2 Å². The highest BCUT2D eigenvalue weighted by atomic mass is 16.5. The maximum Gasteiger partial charge on any atom is 0.272 e. The summed E-state index contributed by atoms with van der Waals surface area (Å²) in [7, 11) is 0. The lowest BCUT2D eigenvalue weighted by atomic mass is 10.1. The van der Waals surface area contributed by atoms with Crippen molar-refractivity contribution in [3.63, 3.8) is 0 Å². The Bertz CT molecular complexity index is 424. The number of nitrogens with two attached hydrogens (primary N) is 1. The summed E-state index contributed by atoms with van der Waals surface area (Å²) in [6.45, 7) is 10.3. The Morgan fingerprint density at radius 3 is 2.35 bits per heavy atom. The molecule has 1 amide bonds. The Kier molecular flexibility index (Phi) is 6.52. The van der Waals surface area contributed by atoms with Crippen molar-refractivity contribution in [3.8, 4) is 5.75 Å². The number of hydrogen-bond donors (Lipinski definition) is 2. The normalized spacial score (nSPS) is 12.4. The third-order valence-corrected chi connectivity index (χ3v) is 3.32. The first-order valence-electron chi connectivity index (χ1n) is 7.22. The molecule has 4 nitrogen and oxygen atoms in total. The minimum atomic E-state index is -0.246. The van der Waals surface area contributed by atoms with Crippen LogP contribution < -0.4 is 15.4 Å². The van der Waals surface area contributed by atoms with Gasteiger partial charge in [0.15, 0.2) is 6.54 Å². The van der Waals surface area contributed by atoms with Crippen LogP contribution in [0.2, 0.25) is 0 Å². The van der Waals surface area contributed by atoms with Gasteiger partial charge < -0.3 is 15.4 Å². The number of aryl methyl sites for hydroxylation is 2. The maximum atomic E-state index is 11.0. The van der Waals surface area contributed by atoms with E-state index in [-0.39, 0.29) is 5.91 Å². The van der Waals surface area contributed by atoms with E-state index in [4.69, 9.17) is 10.5 Å². The molecule has 0 aliphatic rings. The molecular formula is C16H27N2O2+. The average molecular weight is 279 g/mol. The first-order valence-corrected chi connectivity index (χ1v) is 7.22.